The van der Waals surface area contributed by atoms with Crippen LogP contribution in [0.3, 0.4) is 0 Å². The van der Waals surface area contributed by atoms with Gasteiger partial charge in [-0.2, -0.15) is 0 Å². The molecule has 1 N–H and O–H groups in total. The van der Waals surface area contributed by atoms with Gasteiger partial charge in [-0.1, -0.05) is 0 Å². The maximum Gasteiger partial charge on any atom is 0.213 e. The summed E-state index contributed by atoms with van der Waals surface area (Å²) < 4.78 is 24.5. The summed E-state index contributed by atoms with van der Waals surface area (Å²) in [6, 6.07) is 0. The summed E-state index contributed by atoms with van der Waals surface area (Å²) >= 11 is 5.45. The molecule has 0 heterocycles. The Morgan fingerprint density at radius 1 is 1.36 bits per heavy atom. The molecule has 6 heteroatoms. The van der Waals surface area contributed by atoms with Crippen molar-refractivity contribution in [1.82, 2.24) is 9.62 Å². The standard InChI is InChI=1S/C8H19ClN2O2S/c1-10-6-4-7-11(2)14(12,13)8-3-5-9/h10H,3-8H2,1-2H3. The Balaban J connectivity index is 3.89. The third-order valence-electron chi connectivity index (χ3n) is 1.91. The zero-order chi connectivity index (χ0) is 11.0. The Hall–Kier alpha value is 0.160. The summed E-state index contributed by atoms with van der Waals surface area (Å²) in [7, 11) is 0.378. The molecular weight excluding hydrogens is 224 g/mol. The van der Waals surface area contributed by atoms with Gasteiger partial charge in [-0.25, -0.2) is 12.7 Å². The number of sulfonamides is 1. The van der Waals surface area contributed by atoms with Crippen LogP contribution < -0.4 is 5.32 Å². The van der Waals surface area contributed by atoms with Gasteiger partial charge < -0.3 is 5.32 Å². The third-order valence-corrected chi connectivity index (χ3v) is 4.11. The summed E-state index contributed by atoms with van der Waals surface area (Å²) in [4.78, 5) is 0. The van der Waals surface area contributed by atoms with Crippen LogP contribution in [-0.4, -0.2) is 51.5 Å². The number of nitrogens with zero attached hydrogens (tertiary/aromatic N) is 1. The van der Waals surface area contributed by atoms with Gasteiger partial charge in [0.25, 0.3) is 0 Å². The van der Waals surface area contributed by atoms with E-state index in [9.17, 15) is 8.42 Å². The van der Waals surface area contributed by atoms with Crippen LogP contribution in [0.4, 0.5) is 0 Å². The first-order chi connectivity index (χ1) is 6.54. The molecule has 0 aliphatic carbocycles. The first-order valence-electron chi connectivity index (χ1n) is 4.69. The Bertz CT molecular complexity index is 231. The van der Waals surface area contributed by atoms with E-state index in [0.717, 1.165) is 13.0 Å². The van der Waals surface area contributed by atoms with Crippen molar-refractivity contribution in [3.63, 3.8) is 0 Å². The second kappa shape index (κ2) is 7.45. The lowest BCUT2D eigenvalue weighted by Crippen LogP contribution is -2.31. The Morgan fingerprint density at radius 3 is 2.50 bits per heavy atom. The van der Waals surface area contributed by atoms with Crippen molar-refractivity contribution in [1.29, 1.82) is 0 Å². The van der Waals surface area contributed by atoms with Crippen molar-refractivity contribution in [3.05, 3.63) is 0 Å². The highest BCUT2D eigenvalue weighted by atomic mass is 35.5. The Labute approximate surface area is 91.7 Å². The van der Waals surface area contributed by atoms with Crippen LogP contribution in [0, 0.1) is 0 Å². The fourth-order valence-corrected chi connectivity index (χ4v) is 2.53. The fraction of sp³-hybridized carbons (Fsp3) is 1.00. The molecule has 14 heavy (non-hydrogen) atoms. The largest absolute Gasteiger partial charge is 0.320 e. The van der Waals surface area contributed by atoms with E-state index in [1.807, 2.05) is 7.05 Å². The molecule has 0 aromatic carbocycles. The van der Waals surface area contributed by atoms with Crippen LogP contribution in [0.5, 0.6) is 0 Å². The minimum Gasteiger partial charge on any atom is -0.320 e. The van der Waals surface area contributed by atoms with Gasteiger partial charge >= 0.3 is 0 Å². The molecular formula is C8H19ClN2O2S. The lowest BCUT2D eigenvalue weighted by Gasteiger charge is -2.16. The molecule has 0 atom stereocenters. The van der Waals surface area contributed by atoms with E-state index >= 15 is 0 Å². The smallest absolute Gasteiger partial charge is 0.213 e. The van der Waals surface area contributed by atoms with Crippen LogP contribution in [0.1, 0.15) is 12.8 Å². The zero-order valence-electron chi connectivity index (χ0n) is 8.79. The second-order valence-corrected chi connectivity index (χ2v) is 5.71. The van der Waals surface area contributed by atoms with Crippen molar-refractivity contribution in [2.24, 2.45) is 0 Å². The van der Waals surface area contributed by atoms with Gasteiger partial charge in [-0.05, 0) is 26.4 Å². The highest BCUT2D eigenvalue weighted by molar-refractivity contribution is 7.89. The summed E-state index contributed by atoms with van der Waals surface area (Å²) in [5, 5.41) is 2.98. The quantitative estimate of drug-likeness (QED) is 0.498. The van der Waals surface area contributed by atoms with Gasteiger partial charge in [-0.3, -0.25) is 0 Å². The number of hydrogen-bond acceptors (Lipinski definition) is 3. The molecule has 0 spiro atoms. The average Bonchev–Trinajstić information content (AvgIpc) is 2.15. The van der Waals surface area contributed by atoms with E-state index < -0.39 is 10.0 Å². The highest BCUT2D eigenvalue weighted by Gasteiger charge is 2.15. The first-order valence-corrected chi connectivity index (χ1v) is 6.83. The number of rotatable bonds is 8. The van der Waals surface area contributed by atoms with E-state index in [2.05, 4.69) is 5.32 Å². The summed E-state index contributed by atoms with van der Waals surface area (Å²) in [5.41, 5.74) is 0. The predicted molar refractivity (Wildman–Crippen MR) is 60.3 cm³/mol. The van der Waals surface area contributed by atoms with Crippen LogP contribution in [0.15, 0.2) is 0 Å². The van der Waals surface area contributed by atoms with Crippen molar-refractivity contribution >= 4 is 21.6 Å². The molecule has 4 nitrogen and oxygen atoms in total. The van der Waals surface area contributed by atoms with E-state index in [4.69, 9.17) is 11.6 Å². The number of nitrogens with one attached hydrogen (secondary N) is 1. The molecule has 0 saturated carbocycles. The lowest BCUT2D eigenvalue weighted by molar-refractivity contribution is 0.457. The molecule has 0 bridgehead atoms. The van der Waals surface area contributed by atoms with Crippen molar-refractivity contribution in [2.75, 3.05) is 38.8 Å². The normalized spacial score (nSPS) is 12.3. The maximum absolute atomic E-state index is 11.5. The van der Waals surface area contributed by atoms with Crippen molar-refractivity contribution in [2.45, 2.75) is 12.8 Å². The third kappa shape index (κ3) is 5.80. The second-order valence-electron chi connectivity index (χ2n) is 3.14. The molecule has 0 aromatic heterocycles. The number of hydrogen-bond donors (Lipinski definition) is 1. The van der Waals surface area contributed by atoms with E-state index in [1.165, 1.54) is 4.31 Å². The summed E-state index contributed by atoms with van der Waals surface area (Å²) in [6.07, 6.45) is 1.34. The van der Waals surface area contributed by atoms with E-state index in [1.54, 1.807) is 7.05 Å². The summed E-state index contributed by atoms with van der Waals surface area (Å²) in [6.45, 7) is 1.39. The zero-order valence-corrected chi connectivity index (χ0v) is 10.4. The molecule has 0 unspecified atom stereocenters. The van der Waals surface area contributed by atoms with Crippen LogP contribution in [0.25, 0.3) is 0 Å². The molecule has 0 radical (unpaired) electrons. The summed E-state index contributed by atoms with van der Waals surface area (Å²) in [5.74, 6) is 0.538. The van der Waals surface area contributed by atoms with Gasteiger partial charge in [0.05, 0.1) is 5.75 Å². The van der Waals surface area contributed by atoms with Gasteiger partial charge in [-0.15, -0.1) is 11.6 Å². The minimum atomic E-state index is -3.08. The molecule has 0 rings (SSSR count). The van der Waals surface area contributed by atoms with Crippen molar-refractivity contribution < 1.29 is 8.42 Å². The monoisotopic (exact) mass is 242 g/mol. The van der Waals surface area contributed by atoms with Crippen molar-refractivity contribution in [3.8, 4) is 0 Å². The molecule has 0 aliphatic rings. The molecule has 0 amide bonds. The highest BCUT2D eigenvalue weighted by Crippen LogP contribution is 2.01. The molecule has 0 aliphatic heterocycles. The Kier molecular flexibility index (Phi) is 7.54. The topological polar surface area (TPSA) is 49.4 Å². The van der Waals surface area contributed by atoms with E-state index in [-0.39, 0.29) is 5.75 Å². The number of alkyl halides is 1. The van der Waals surface area contributed by atoms with Gasteiger partial charge in [0.2, 0.25) is 10.0 Å². The van der Waals surface area contributed by atoms with Gasteiger partial charge in [0.1, 0.15) is 0 Å². The fourth-order valence-electron chi connectivity index (χ4n) is 1.01. The van der Waals surface area contributed by atoms with Crippen LogP contribution >= 0.6 is 11.6 Å². The molecule has 0 fully saturated rings. The van der Waals surface area contributed by atoms with Crippen LogP contribution in [0.2, 0.25) is 0 Å². The SMILES string of the molecule is CNCCCN(C)S(=O)(=O)CCCCl. The Morgan fingerprint density at radius 2 is 2.00 bits per heavy atom. The minimum absolute atomic E-state index is 0.145. The predicted octanol–water partition coefficient (Wildman–Crippen LogP) is 0.486. The van der Waals surface area contributed by atoms with Crippen LogP contribution in [-0.2, 0) is 10.0 Å². The maximum atomic E-state index is 11.5. The van der Waals surface area contributed by atoms with Gasteiger partial charge in [0.15, 0.2) is 0 Å². The first kappa shape index (κ1) is 14.2. The molecule has 86 valence electrons. The lowest BCUT2D eigenvalue weighted by atomic mass is 10.4. The van der Waals surface area contributed by atoms with Gasteiger partial charge in [0, 0.05) is 19.5 Å². The molecule has 0 aromatic rings. The average molecular weight is 243 g/mol. The molecule has 0 saturated heterocycles. The van der Waals surface area contributed by atoms with E-state index in [0.29, 0.717) is 18.8 Å². The number of halogens is 1.